The van der Waals surface area contributed by atoms with Crippen molar-refractivity contribution in [3.05, 3.63) is 71.8 Å². The van der Waals surface area contributed by atoms with E-state index in [1.54, 1.807) is 26.0 Å². The molecule has 0 aromatic heterocycles. The molecule has 2 aliphatic carbocycles. The van der Waals surface area contributed by atoms with Crippen LogP contribution in [0.5, 0.6) is 0 Å². The minimum Gasteiger partial charge on any atom is -0.481 e. The minimum absolute atomic E-state index is 0.0158. The fraction of sp³-hybridized carbons (Fsp3) is 0.370. The number of nitrogens with one attached hydrogen (secondary N) is 2. The van der Waals surface area contributed by atoms with Gasteiger partial charge in [-0.25, -0.2) is 4.79 Å². The Bertz CT molecular complexity index is 1080. The van der Waals surface area contributed by atoms with Crippen molar-refractivity contribution in [1.29, 1.82) is 0 Å². The summed E-state index contributed by atoms with van der Waals surface area (Å²) >= 11 is 0. The van der Waals surface area contributed by atoms with Gasteiger partial charge in [-0.15, -0.1) is 0 Å². The quantitative estimate of drug-likeness (QED) is 0.513. The SMILES string of the molecule is CCC(C)(CNC(=O)C1C=CC(NC(=O)OCC2c3ccccc3-c3ccccc32)C1)C(=O)O. The van der Waals surface area contributed by atoms with Crippen LogP contribution in [-0.4, -0.2) is 42.3 Å². The number of carbonyl (C=O) groups excluding carboxylic acids is 2. The molecule has 34 heavy (non-hydrogen) atoms. The number of ether oxygens (including phenoxy) is 1. The van der Waals surface area contributed by atoms with E-state index in [0.29, 0.717) is 12.8 Å². The lowest BCUT2D eigenvalue weighted by atomic mass is 9.87. The molecule has 3 unspecified atom stereocenters. The minimum atomic E-state index is -1.00. The molecule has 0 saturated heterocycles. The van der Waals surface area contributed by atoms with Gasteiger partial charge in [0.15, 0.2) is 0 Å². The zero-order valence-corrected chi connectivity index (χ0v) is 19.4. The normalized spacial score (nSPS) is 20.2. The monoisotopic (exact) mass is 462 g/mol. The van der Waals surface area contributed by atoms with E-state index in [1.165, 1.54) is 11.1 Å². The summed E-state index contributed by atoms with van der Waals surface area (Å²) in [7, 11) is 0. The summed E-state index contributed by atoms with van der Waals surface area (Å²) in [5.41, 5.74) is 3.63. The summed E-state index contributed by atoms with van der Waals surface area (Å²) in [5, 5.41) is 14.9. The second kappa shape index (κ2) is 9.71. The van der Waals surface area contributed by atoms with Crippen molar-refractivity contribution in [1.82, 2.24) is 10.6 Å². The van der Waals surface area contributed by atoms with Crippen LogP contribution in [-0.2, 0) is 14.3 Å². The first-order valence-corrected chi connectivity index (χ1v) is 11.6. The van der Waals surface area contributed by atoms with Crippen molar-refractivity contribution in [2.45, 2.75) is 38.6 Å². The lowest BCUT2D eigenvalue weighted by Crippen LogP contribution is -2.43. The molecule has 2 amide bonds. The van der Waals surface area contributed by atoms with E-state index in [0.717, 1.165) is 11.1 Å². The molecule has 0 aliphatic heterocycles. The third-order valence-electron chi connectivity index (χ3n) is 7.02. The molecular formula is C27H30N2O5. The highest BCUT2D eigenvalue weighted by Crippen LogP contribution is 2.44. The number of alkyl carbamates (subject to hydrolysis) is 1. The van der Waals surface area contributed by atoms with Crippen LogP contribution in [0.1, 0.15) is 43.7 Å². The van der Waals surface area contributed by atoms with Crippen LogP contribution in [0.2, 0.25) is 0 Å². The lowest BCUT2D eigenvalue weighted by Gasteiger charge is -2.24. The molecule has 7 nitrogen and oxygen atoms in total. The largest absolute Gasteiger partial charge is 0.481 e. The number of carbonyl (C=O) groups is 3. The van der Waals surface area contributed by atoms with E-state index in [9.17, 15) is 19.5 Å². The van der Waals surface area contributed by atoms with E-state index in [4.69, 9.17) is 4.74 Å². The Morgan fingerprint density at radius 2 is 1.65 bits per heavy atom. The molecule has 2 aromatic rings. The molecular weight excluding hydrogens is 432 g/mol. The molecule has 2 aromatic carbocycles. The van der Waals surface area contributed by atoms with Gasteiger partial charge in [0.1, 0.15) is 6.61 Å². The summed E-state index contributed by atoms with van der Waals surface area (Å²) in [5.74, 6) is -1.62. The number of hydrogen-bond donors (Lipinski definition) is 3. The van der Waals surface area contributed by atoms with Gasteiger partial charge in [0.05, 0.1) is 17.4 Å². The van der Waals surface area contributed by atoms with Gasteiger partial charge in [-0.05, 0) is 42.0 Å². The highest BCUT2D eigenvalue weighted by Gasteiger charge is 2.34. The van der Waals surface area contributed by atoms with E-state index >= 15 is 0 Å². The van der Waals surface area contributed by atoms with E-state index in [1.807, 2.05) is 24.3 Å². The Balaban J connectivity index is 1.28. The number of hydrogen-bond acceptors (Lipinski definition) is 4. The van der Waals surface area contributed by atoms with Gasteiger partial charge >= 0.3 is 12.1 Å². The van der Waals surface area contributed by atoms with Crippen LogP contribution in [0.25, 0.3) is 11.1 Å². The topological polar surface area (TPSA) is 105 Å². The summed E-state index contributed by atoms with van der Waals surface area (Å²) in [6, 6.07) is 16.0. The van der Waals surface area contributed by atoms with Crippen molar-refractivity contribution in [3.8, 4) is 11.1 Å². The molecule has 0 spiro atoms. The Kier molecular flexibility index (Phi) is 6.72. The molecule has 2 aliphatic rings. The van der Waals surface area contributed by atoms with E-state index < -0.39 is 23.4 Å². The Hall–Kier alpha value is -3.61. The lowest BCUT2D eigenvalue weighted by molar-refractivity contribution is -0.148. The van der Waals surface area contributed by atoms with Crippen LogP contribution >= 0.6 is 0 Å². The number of rotatable bonds is 8. The standard InChI is InChI=1S/C27H30N2O5/c1-3-27(2,25(31)32)16-28-24(30)17-12-13-18(14-17)29-26(33)34-15-23-21-10-6-4-8-19(21)20-9-5-7-11-22(20)23/h4-13,17-18,23H,3,14-16H2,1-2H3,(H,28,30)(H,29,33)(H,31,32). The molecule has 0 radical (unpaired) electrons. The molecule has 0 fully saturated rings. The number of amides is 2. The number of carboxylic acid groups (broad SMARTS) is 1. The Morgan fingerprint density at radius 3 is 2.24 bits per heavy atom. The maximum absolute atomic E-state index is 12.5. The predicted molar refractivity (Wildman–Crippen MR) is 128 cm³/mol. The van der Waals surface area contributed by atoms with Crippen LogP contribution < -0.4 is 10.6 Å². The van der Waals surface area contributed by atoms with Gasteiger partial charge in [-0.2, -0.15) is 0 Å². The fourth-order valence-corrected chi connectivity index (χ4v) is 4.56. The van der Waals surface area contributed by atoms with Gasteiger partial charge in [0, 0.05) is 12.5 Å². The first kappa shape index (κ1) is 23.5. The third kappa shape index (κ3) is 4.69. The number of benzene rings is 2. The van der Waals surface area contributed by atoms with Crippen LogP contribution in [0.3, 0.4) is 0 Å². The van der Waals surface area contributed by atoms with Crippen molar-refractivity contribution >= 4 is 18.0 Å². The predicted octanol–water partition coefficient (Wildman–Crippen LogP) is 4.09. The first-order valence-electron chi connectivity index (χ1n) is 11.6. The first-order chi connectivity index (χ1) is 16.3. The van der Waals surface area contributed by atoms with Gasteiger partial charge < -0.3 is 20.5 Å². The second-order valence-electron chi connectivity index (χ2n) is 9.24. The Morgan fingerprint density at radius 1 is 1.03 bits per heavy atom. The van der Waals surface area contributed by atoms with Crippen molar-refractivity contribution in [3.63, 3.8) is 0 Å². The summed E-state index contributed by atoms with van der Waals surface area (Å²) < 4.78 is 5.58. The Labute approximate surface area is 199 Å². The van der Waals surface area contributed by atoms with Crippen LogP contribution in [0, 0.1) is 11.3 Å². The maximum Gasteiger partial charge on any atom is 0.407 e. The number of carboxylic acids is 1. The van der Waals surface area contributed by atoms with Crippen molar-refractivity contribution in [2.24, 2.45) is 11.3 Å². The molecule has 7 heteroatoms. The van der Waals surface area contributed by atoms with Crippen molar-refractivity contribution < 1.29 is 24.2 Å². The third-order valence-corrected chi connectivity index (χ3v) is 7.02. The van der Waals surface area contributed by atoms with Crippen LogP contribution in [0.15, 0.2) is 60.7 Å². The average Bonchev–Trinajstić information content (AvgIpc) is 3.43. The van der Waals surface area contributed by atoms with Crippen molar-refractivity contribution in [2.75, 3.05) is 13.2 Å². The molecule has 0 saturated carbocycles. The van der Waals surface area contributed by atoms with E-state index in [-0.39, 0.29) is 31.0 Å². The highest BCUT2D eigenvalue weighted by molar-refractivity contribution is 5.83. The maximum atomic E-state index is 12.5. The summed E-state index contributed by atoms with van der Waals surface area (Å²) in [6.45, 7) is 3.68. The molecule has 0 heterocycles. The van der Waals surface area contributed by atoms with Gasteiger partial charge in [-0.3, -0.25) is 9.59 Å². The smallest absolute Gasteiger partial charge is 0.407 e. The number of fused-ring (bicyclic) bond motifs is 3. The summed E-state index contributed by atoms with van der Waals surface area (Å²) in [6.07, 6.45) is 3.82. The van der Waals surface area contributed by atoms with Gasteiger partial charge in [0.2, 0.25) is 5.91 Å². The number of aliphatic carboxylic acids is 1. The highest BCUT2D eigenvalue weighted by atomic mass is 16.5. The molecule has 3 N–H and O–H groups in total. The van der Waals surface area contributed by atoms with Gasteiger partial charge in [0.25, 0.3) is 0 Å². The zero-order valence-electron chi connectivity index (χ0n) is 19.4. The molecule has 4 rings (SSSR count). The molecule has 178 valence electrons. The summed E-state index contributed by atoms with van der Waals surface area (Å²) in [4.78, 5) is 36.4. The second-order valence-corrected chi connectivity index (χ2v) is 9.24. The molecule has 0 bridgehead atoms. The zero-order chi connectivity index (χ0) is 24.3. The fourth-order valence-electron chi connectivity index (χ4n) is 4.56. The average molecular weight is 463 g/mol. The van der Waals surface area contributed by atoms with Gasteiger partial charge in [-0.1, -0.05) is 67.6 Å². The van der Waals surface area contributed by atoms with Crippen LogP contribution in [0.4, 0.5) is 4.79 Å². The van der Waals surface area contributed by atoms with E-state index in [2.05, 4.69) is 34.9 Å². The molecule has 3 atom stereocenters.